The van der Waals surface area contributed by atoms with Crippen molar-refractivity contribution in [2.24, 2.45) is 0 Å². The highest BCUT2D eigenvalue weighted by atomic mass is 32.2. The first-order valence-corrected chi connectivity index (χ1v) is 12.3. The molecule has 3 aromatic rings. The Morgan fingerprint density at radius 2 is 1.84 bits per heavy atom. The van der Waals surface area contributed by atoms with E-state index in [0.29, 0.717) is 29.2 Å². The molecule has 1 saturated heterocycles. The first kappa shape index (κ1) is 26.4. The van der Waals surface area contributed by atoms with Crippen LogP contribution in [0.1, 0.15) is 11.1 Å². The van der Waals surface area contributed by atoms with Crippen LogP contribution in [0.15, 0.2) is 77.7 Å². The van der Waals surface area contributed by atoms with Gasteiger partial charge in [0.05, 0.1) is 16.9 Å². The standard InChI is InChI=1S/C27H23N3O7S/c1-36-23-14-19(15-24-26(32)29(27(33)38-24)13-12-18-6-3-2-4-7-18)10-11-22(23)37-17-25(31)28-20-8-5-9-21(16-20)30(34)35/h2-11,14-16H,12-13,17H2,1H3,(H,28,31)/b24-15-. The number of nitrogens with one attached hydrogen (secondary N) is 1. The van der Waals surface area contributed by atoms with Crippen LogP contribution in [-0.2, 0) is 16.0 Å². The number of amides is 3. The summed E-state index contributed by atoms with van der Waals surface area (Å²) in [5, 5.41) is 13.1. The van der Waals surface area contributed by atoms with E-state index < -0.39 is 10.8 Å². The van der Waals surface area contributed by atoms with Gasteiger partial charge in [-0.25, -0.2) is 0 Å². The summed E-state index contributed by atoms with van der Waals surface area (Å²) in [5.74, 6) is -0.256. The number of carbonyl (C=O) groups excluding carboxylic acids is 3. The van der Waals surface area contributed by atoms with Crippen LogP contribution in [0.5, 0.6) is 11.5 Å². The second kappa shape index (κ2) is 12.1. The van der Waals surface area contributed by atoms with Crippen molar-refractivity contribution in [1.29, 1.82) is 0 Å². The van der Waals surface area contributed by atoms with Gasteiger partial charge in [-0.1, -0.05) is 42.5 Å². The number of ether oxygens (including phenoxy) is 2. The number of rotatable bonds is 10. The molecule has 10 nitrogen and oxygen atoms in total. The summed E-state index contributed by atoms with van der Waals surface area (Å²) in [7, 11) is 1.44. The molecule has 0 spiro atoms. The van der Waals surface area contributed by atoms with Crippen molar-refractivity contribution in [3.05, 3.63) is 98.9 Å². The maximum atomic E-state index is 12.8. The minimum Gasteiger partial charge on any atom is -0.493 e. The quantitative estimate of drug-likeness (QED) is 0.221. The number of anilines is 1. The van der Waals surface area contributed by atoms with Gasteiger partial charge in [0.25, 0.3) is 22.7 Å². The second-order valence-corrected chi connectivity index (χ2v) is 9.12. The first-order chi connectivity index (χ1) is 18.3. The Morgan fingerprint density at radius 3 is 2.58 bits per heavy atom. The van der Waals surface area contributed by atoms with Crippen molar-refractivity contribution >= 4 is 46.3 Å². The number of carbonyl (C=O) groups is 3. The lowest BCUT2D eigenvalue weighted by molar-refractivity contribution is -0.384. The van der Waals surface area contributed by atoms with Gasteiger partial charge in [-0.05, 0) is 53.6 Å². The Balaban J connectivity index is 1.38. The Morgan fingerprint density at radius 1 is 1.05 bits per heavy atom. The zero-order valence-corrected chi connectivity index (χ0v) is 21.1. The van der Waals surface area contributed by atoms with Crippen LogP contribution in [0.3, 0.4) is 0 Å². The molecule has 0 saturated carbocycles. The summed E-state index contributed by atoms with van der Waals surface area (Å²) in [5.41, 5.74) is 1.78. The summed E-state index contributed by atoms with van der Waals surface area (Å²) >= 11 is 0.879. The van der Waals surface area contributed by atoms with E-state index in [2.05, 4.69) is 5.32 Å². The number of nitrogens with zero attached hydrogens (tertiary/aromatic N) is 2. The number of non-ortho nitro benzene ring substituents is 1. The molecule has 0 atom stereocenters. The Bertz CT molecular complexity index is 1410. The highest BCUT2D eigenvalue weighted by Gasteiger charge is 2.34. The topological polar surface area (TPSA) is 128 Å². The Kier molecular flexibility index (Phi) is 8.39. The van der Waals surface area contributed by atoms with E-state index in [1.54, 1.807) is 24.3 Å². The third-order valence-corrected chi connectivity index (χ3v) is 6.43. The van der Waals surface area contributed by atoms with Crippen molar-refractivity contribution in [2.75, 3.05) is 25.6 Å². The molecule has 0 aromatic heterocycles. The number of nitro groups is 1. The van der Waals surface area contributed by atoms with Crippen LogP contribution in [0, 0.1) is 10.1 Å². The third-order valence-electron chi connectivity index (χ3n) is 5.53. The van der Waals surface area contributed by atoms with E-state index in [1.807, 2.05) is 30.3 Å². The van der Waals surface area contributed by atoms with Gasteiger partial charge in [-0.3, -0.25) is 29.4 Å². The molecule has 1 heterocycles. The smallest absolute Gasteiger partial charge is 0.293 e. The fraction of sp³-hybridized carbons (Fsp3) is 0.148. The lowest BCUT2D eigenvalue weighted by Gasteiger charge is -2.12. The molecular weight excluding hydrogens is 510 g/mol. The molecule has 0 unspecified atom stereocenters. The van der Waals surface area contributed by atoms with Gasteiger partial charge < -0.3 is 14.8 Å². The van der Waals surface area contributed by atoms with Crippen LogP contribution in [0.2, 0.25) is 0 Å². The molecule has 0 bridgehead atoms. The number of thioether (sulfide) groups is 1. The largest absolute Gasteiger partial charge is 0.493 e. The summed E-state index contributed by atoms with van der Waals surface area (Å²) in [6.45, 7) is -0.0702. The summed E-state index contributed by atoms with van der Waals surface area (Å²) in [4.78, 5) is 49.4. The maximum Gasteiger partial charge on any atom is 0.293 e. The lowest BCUT2D eigenvalue weighted by atomic mass is 10.1. The summed E-state index contributed by atoms with van der Waals surface area (Å²) < 4.78 is 10.9. The number of methoxy groups -OCH3 is 1. The highest BCUT2D eigenvalue weighted by molar-refractivity contribution is 8.18. The highest BCUT2D eigenvalue weighted by Crippen LogP contribution is 2.34. The van der Waals surface area contributed by atoms with Gasteiger partial charge in [0, 0.05) is 24.4 Å². The maximum absolute atomic E-state index is 12.8. The molecular formula is C27H23N3O7S. The molecule has 3 aromatic carbocycles. The minimum atomic E-state index is -0.552. The number of hydrogen-bond acceptors (Lipinski definition) is 8. The Hall–Kier alpha value is -4.64. The molecule has 38 heavy (non-hydrogen) atoms. The fourth-order valence-electron chi connectivity index (χ4n) is 3.66. The molecule has 1 aliphatic heterocycles. The number of nitro benzene ring substituents is 1. The molecule has 194 valence electrons. The predicted octanol–water partition coefficient (Wildman–Crippen LogP) is 4.90. The second-order valence-electron chi connectivity index (χ2n) is 8.12. The van der Waals surface area contributed by atoms with Crippen LogP contribution < -0.4 is 14.8 Å². The van der Waals surface area contributed by atoms with E-state index >= 15 is 0 Å². The molecule has 3 amide bonds. The number of benzene rings is 3. The first-order valence-electron chi connectivity index (χ1n) is 11.5. The van der Waals surface area contributed by atoms with Gasteiger partial charge >= 0.3 is 0 Å². The normalized spacial score (nSPS) is 14.0. The Labute approximate surface area is 222 Å². The molecule has 1 aliphatic rings. The zero-order chi connectivity index (χ0) is 27.1. The van der Waals surface area contributed by atoms with Crippen molar-refractivity contribution in [1.82, 2.24) is 4.90 Å². The van der Waals surface area contributed by atoms with Crippen molar-refractivity contribution in [3.8, 4) is 11.5 Å². The van der Waals surface area contributed by atoms with Crippen LogP contribution in [0.4, 0.5) is 16.2 Å². The van der Waals surface area contributed by atoms with Crippen molar-refractivity contribution in [3.63, 3.8) is 0 Å². The van der Waals surface area contributed by atoms with E-state index in [4.69, 9.17) is 9.47 Å². The van der Waals surface area contributed by atoms with E-state index in [-0.39, 0.29) is 34.9 Å². The molecule has 0 radical (unpaired) electrons. The van der Waals surface area contributed by atoms with Gasteiger partial charge in [0.15, 0.2) is 18.1 Å². The van der Waals surface area contributed by atoms with Gasteiger partial charge in [0.2, 0.25) is 0 Å². The summed E-state index contributed by atoms with van der Waals surface area (Å²) in [6.07, 6.45) is 2.18. The van der Waals surface area contributed by atoms with E-state index in [9.17, 15) is 24.5 Å². The molecule has 1 fully saturated rings. The third kappa shape index (κ3) is 6.56. The monoisotopic (exact) mass is 533 g/mol. The van der Waals surface area contributed by atoms with Crippen LogP contribution in [0.25, 0.3) is 6.08 Å². The molecule has 11 heteroatoms. The van der Waals surface area contributed by atoms with Crippen molar-refractivity contribution < 1.29 is 28.8 Å². The SMILES string of the molecule is COc1cc(/C=C2\SC(=O)N(CCc3ccccc3)C2=O)ccc1OCC(=O)Nc1cccc([N+](=O)[O-])c1. The average Bonchev–Trinajstić information content (AvgIpc) is 3.18. The van der Waals surface area contributed by atoms with Crippen molar-refractivity contribution in [2.45, 2.75) is 6.42 Å². The molecule has 1 N–H and O–H groups in total. The van der Waals surface area contributed by atoms with Gasteiger partial charge in [0.1, 0.15) is 0 Å². The van der Waals surface area contributed by atoms with E-state index in [1.165, 1.54) is 36.3 Å². The number of imide groups is 1. The fourth-order valence-corrected chi connectivity index (χ4v) is 4.53. The van der Waals surface area contributed by atoms with Gasteiger partial charge in [-0.15, -0.1) is 0 Å². The predicted molar refractivity (Wildman–Crippen MR) is 143 cm³/mol. The van der Waals surface area contributed by atoms with Gasteiger partial charge in [-0.2, -0.15) is 0 Å². The lowest BCUT2D eigenvalue weighted by Crippen LogP contribution is -2.30. The minimum absolute atomic E-state index is 0.144. The van der Waals surface area contributed by atoms with Crippen LogP contribution in [-0.4, -0.2) is 47.1 Å². The molecule has 0 aliphatic carbocycles. The van der Waals surface area contributed by atoms with Crippen LogP contribution >= 0.6 is 11.8 Å². The average molecular weight is 534 g/mol. The zero-order valence-electron chi connectivity index (χ0n) is 20.3. The summed E-state index contributed by atoms with van der Waals surface area (Å²) in [6, 6.07) is 20.1. The van der Waals surface area contributed by atoms with E-state index in [0.717, 1.165) is 17.3 Å². The molecule has 4 rings (SSSR count). The number of hydrogen-bond donors (Lipinski definition) is 1.